The van der Waals surface area contributed by atoms with Crippen LogP contribution in [0.3, 0.4) is 0 Å². The molecule has 2 aromatic rings. The highest BCUT2D eigenvalue weighted by Gasteiger charge is 2.30. The number of rotatable bonds is 5. The van der Waals surface area contributed by atoms with E-state index in [1.807, 2.05) is 12.1 Å². The van der Waals surface area contributed by atoms with Gasteiger partial charge in [-0.05, 0) is 19.0 Å². The van der Waals surface area contributed by atoms with E-state index in [1.54, 1.807) is 17.2 Å². The Bertz CT molecular complexity index is 550. The Balaban J connectivity index is 1.66. The Morgan fingerprint density at radius 1 is 1.50 bits per heavy atom. The Morgan fingerprint density at radius 2 is 2.45 bits per heavy atom. The van der Waals surface area contributed by atoms with E-state index < -0.39 is 5.60 Å². The summed E-state index contributed by atoms with van der Waals surface area (Å²) < 4.78 is 1.64. The highest BCUT2D eigenvalue weighted by Crippen LogP contribution is 2.14. The average molecular weight is 274 g/mol. The second-order valence-corrected chi connectivity index (χ2v) is 5.08. The zero-order valence-electron chi connectivity index (χ0n) is 11.2. The molecular formula is C13H18N6O. The fourth-order valence-corrected chi connectivity index (χ4v) is 2.40. The summed E-state index contributed by atoms with van der Waals surface area (Å²) >= 11 is 0. The van der Waals surface area contributed by atoms with Crippen molar-refractivity contribution in [3.63, 3.8) is 0 Å². The molecule has 3 N–H and O–H groups in total. The Kier molecular flexibility index (Phi) is 3.72. The first-order valence-corrected chi connectivity index (χ1v) is 6.70. The van der Waals surface area contributed by atoms with Crippen LogP contribution in [0.4, 0.5) is 0 Å². The van der Waals surface area contributed by atoms with Gasteiger partial charge in [0.05, 0.1) is 5.60 Å². The van der Waals surface area contributed by atoms with Crippen LogP contribution in [0.15, 0.2) is 31.0 Å². The van der Waals surface area contributed by atoms with E-state index in [0.29, 0.717) is 19.6 Å². The molecule has 0 saturated carbocycles. The molecule has 0 unspecified atom stereocenters. The van der Waals surface area contributed by atoms with E-state index in [2.05, 4.69) is 25.7 Å². The van der Waals surface area contributed by atoms with Crippen molar-refractivity contribution in [1.29, 1.82) is 0 Å². The molecule has 1 saturated heterocycles. The van der Waals surface area contributed by atoms with E-state index in [1.165, 1.54) is 6.33 Å². The molecule has 0 spiro atoms. The molecule has 1 atom stereocenters. The molecule has 0 aromatic carbocycles. The number of hydrogen-bond donors (Lipinski definition) is 3. The Morgan fingerprint density at radius 3 is 3.20 bits per heavy atom. The molecule has 2 aromatic heterocycles. The van der Waals surface area contributed by atoms with E-state index >= 15 is 0 Å². The second kappa shape index (κ2) is 5.66. The molecule has 7 nitrogen and oxygen atoms in total. The fraction of sp³-hybridized carbons (Fsp3) is 0.462. The van der Waals surface area contributed by atoms with Gasteiger partial charge >= 0.3 is 0 Å². The predicted octanol–water partition coefficient (Wildman–Crippen LogP) is -0.524. The topological polar surface area (TPSA) is 87.9 Å². The quantitative estimate of drug-likeness (QED) is 0.680. The van der Waals surface area contributed by atoms with Gasteiger partial charge in [-0.2, -0.15) is 5.10 Å². The molecular weight excluding hydrogens is 256 g/mol. The lowest BCUT2D eigenvalue weighted by Gasteiger charge is -2.21. The van der Waals surface area contributed by atoms with Crippen molar-refractivity contribution < 1.29 is 5.11 Å². The first-order valence-electron chi connectivity index (χ1n) is 6.70. The van der Waals surface area contributed by atoms with Crippen molar-refractivity contribution in [3.05, 3.63) is 36.5 Å². The molecule has 7 heteroatoms. The van der Waals surface area contributed by atoms with Gasteiger partial charge in [0.15, 0.2) is 5.82 Å². The Hall–Kier alpha value is -1.83. The number of β-amino-alcohol motifs (C(OH)–C–C–N with tert-alkyl or cyclic N) is 1. The normalized spacial score (nSPS) is 22.2. The van der Waals surface area contributed by atoms with Crippen molar-refractivity contribution in [1.82, 2.24) is 30.4 Å². The van der Waals surface area contributed by atoms with Crippen molar-refractivity contribution in [3.8, 4) is 5.82 Å². The maximum absolute atomic E-state index is 10.3. The third-order valence-corrected chi connectivity index (χ3v) is 3.49. The smallest absolute Gasteiger partial charge is 0.159 e. The van der Waals surface area contributed by atoms with Crippen LogP contribution in [-0.4, -0.2) is 50.1 Å². The Labute approximate surface area is 117 Å². The summed E-state index contributed by atoms with van der Waals surface area (Å²) in [6, 6.07) is 3.89. The number of nitrogens with zero attached hydrogens (tertiary/aromatic N) is 4. The van der Waals surface area contributed by atoms with Gasteiger partial charge in [-0.25, -0.2) is 14.6 Å². The van der Waals surface area contributed by atoms with E-state index in [0.717, 1.165) is 24.3 Å². The van der Waals surface area contributed by atoms with Crippen molar-refractivity contribution in [2.45, 2.75) is 18.6 Å². The van der Waals surface area contributed by atoms with Crippen LogP contribution in [0.2, 0.25) is 0 Å². The number of hydrogen-bond acceptors (Lipinski definition) is 6. The highest BCUT2D eigenvalue weighted by atomic mass is 16.3. The van der Waals surface area contributed by atoms with Gasteiger partial charge in [0.25, 0.3) is 0 Å². The molecule has 0 aliphatic carbocycles. The fourth-order valence-electron chi connectivity index (χ4n) is 2.40. The maximum Gasteiger partial charge on any atom is 0.159 e. The first kappa shape index (κ1) is 13.2. The number of aromatic nitrogens is 4. The molecule has 0 amide bonds. The monoisotopic (exact) mass is 274 g/mol. The minimum absolute atomic E-state index is 0.561. The molecule has 0 bridgehead atoms. The largest absolute Gasteiger partial charge is 0.387 e. The SMILES string of the molecule is O[C@]1(CNCc2cccnc2-n2cncn2)CCNC1. The van der Waals surface area contributed by atoms with Gasteiger partial charge in [-0.15, -0.1) is 0 Å². The van der Waals surface area contributed by atoms with Gasteiger partial charge in [0.2, 0.25) is 0 Å². The van der Waals surface area contributed by atoms with Gasteiger partial charge in [-0.1, -0.05) is 6.07 Å². The third-order valence-electron chi connectivity index (χ3n) is 3.49. The summed E-state index contributed by atoms with van der Waals surface area (Å²) in [5.41, 5.74) is 0.378. The van der Waals surface area contributed by atoms with Gasteiger partial charge in [0.1, 0.15) is 12.7 Å². The van der Waals surface area contributed by atoms with Crippen molar-refractivity contribution >= 4 is 0 Å². The summed E-state index contributed by atoms with van der Waals surface area (Å²) in [5.74, 6) is 0.758. The second-order valence-electron chi connectivity index (χ2n) is 5.08. The standard InChI is InChI=1S/C13H18N6O/c20-13(3-5-14-7-13)8-15-6-11-2-1-4-17-12(11)19-10-16-9-18-19/h1-2,4,9-10,14-15,20H,3,5-8H2/t13-/m1/s1. The minimum atomic E-state index is -0.643. The zero-order valence-corrected chi connectivity index (χ0v) is 11.2. The van der Waals surface area contributed by atoms with Crippen LogP contribution >= 0.6 is 0 Å². The van der Waals surface area contributed by atoms with E-state index in [4.69, 9.17) is 0 Å². The molecule has 20 heavy (non-hydrogen) atoms. The third kappa shape index (κ3) is 2.84. The molecule has 3 rings (SSSR count). The summed E-state index contributed by atoms with van der Waals surface area (Å²) in [7, 11) is 0. The highest BCUT2D eigenvalue weighted by molar-refractivity contribution is 5.31. The van der Waals surface area contributed by atoms with E-state index in [9.17, 15) is 5.11 Å². The lowest BCUT2D eigenvalue weighted by atomic mass is 10.0. The summed E-state index contributed by atoms with van der Waals surface area (Å²) in [5, 5.41) is 20.8. The number of nitrogens with one attached hydrogen (secondary N) is 2. The molecule has 0 radical (unpaired) electrons. The molecule has 106 valence electrons. The number of aliphatic hydroxyl groups is 1. The molecule has 3 heterocycles. The van der Waals surface area contributed by atoms with Gasteiger partial charge in [-0.3, -0.25) is 0 Å². The van der Waals surface area contributed by atoms with Crippen LogP contribution in [0, 0.1) is 0 Å². The van der Waals surface area contributed by atoms with Crippen LogP contribution in [0.5, 0.6) is 0 Å². The molecule has 1 aliphatic heterocycles. The minimum Gasteiger partial charge on any atom is -0.387 e. The summed E-state index contributed by atoms with van der Waals surface area (Å²) in [6.07, 6.45) is 5.62. The summed E-state index contributed by atoms with van der Waals surface area (Å²) in [6.45, 7) is 2.70. The lowest BCUT2D eigenvalue weighted by molar-refractivity contribution is 0.0608. The van der Waals surface area contributed by atoms with Crippen LogP contribution in [0.1, 0.15) is 12.0 Å². The first-order chi connectivity index (χ1) is 9.77. The predicted molar refractivity (Wildman–Crippen MR) is 73.3 cm³/mol. The lowest BCUT2D eigenvalue weighted by Crippen LogP contribution is -2.42. The van der Waals surface area contributed by atoms with Gasteiger partial charge < -0.3 is 15.7 Å². The van der Waals surface area contributed by atoms with Crippen molar-refractivity contribution in [2.24, 2.45) is 0 Å². The number of pyridine rings is 1. The maximum atomic E-state index is 10.3. The zero-order chi connectivity index (χ0) is 13.8. The van der Waals surface area contributed by atoms with Crippen LogP contribution in [0.25, 0.3) is 5.82 Å². The average Bonchev–Trinajstić information content (AvgIpc) is 3.11. The molecule has 1 fully saturated rings. The van der Waals surface area contributed by atoms with Crippen molar-refractivity contribution in [2.75, 3.05) is 19.6 Å². The van der Waals surface area contributed by atoms with E-state index in [-0.39, 0.29) is 0 Å². The van der Waals surface area contributed by atoms with Crippen LogP contribution < -0.4 is 10.6 Å². The van der Waals surface area contributed by atoms with Gasteiger partial charge in [0, 0.05) is 31.4 Å². The molecule has 1 aliphatic rings. The summed E-state index contributed by atoms with van der Waals surface area (Å²) in [4.78, 5) is 8.27. The van der Waals surface area contributed by atoms with Crippen LogP contribution in [-0.2, 0) is 6.54 Å².